The highest BCUT2D eigenvalue weighted by atomic mass is 16.6. The summed E-state index contributed by atoms with van der Waals surface area (Å²) in [4.78, 5) is 35.4. The van der Waals surface area contributed by atoms with Crippen LogP contribution in [0.1, 0.15) is 47.0 Å². The van der Waals surface area contributed by atoms with Gasteiger partial charge in [-0.2, -0.15) is 0 Å². The molecule has 26 heavy (non-hydrogen) atoms. The third kappa shape index (κ3) is 6.83. The number of carbonyl (C=O) groups is 3. The molecule has 1 fully saturated rings. The van der Waals surface area contributed by atoms with Gasteiger partial charge in [-0.3, -0.25) is 9.59 Å². The Morgan fingerprint density at radius 3 is 2.27 bits per heavy atom. The highest BCUT2D eigenvalue weighted by Gasteiger charge is 2.49. The third-order valence-electron chi connectivity index (χ3n) is 4.48. The standard InChI is InChI=1S/C16H30BN3O6/c1-10(21)20-16(13(18)22)7-11(5-6-17(24)25)12(8-16)9-19-14(23)26-15(2,3)4/h11-12,24-25H,5-9H2,1-4H3,(H2,18,22)(H,19,23)(H,20,21)/t11-,12?,16+/m0/s1. The van der Waals surface area contributed by atoms with Gasteiger partial charge in [-0.25, -0.2) is 4.79 Å². The van der Waals surface area contributed by atoms with Gasteiger partial charge in [0, 0.05) is 13.5 Å². The highest BCUT2D eigenvalue weighted by Crippen LogP contribution is 2.42. The van der Waals surface area contributed by atoms with Crippen molar-refractivity contribution < 1.29 is 29.2 Å². The first-order valence-corrected chi connectivity index (χ1v) is 8.76. The van der Waals surface area contributed by atoms with E-state index in [2.05, 4.69) is 10.6 Å². The Labute approximate surface area is 154 Å². The first kappa shape index (κ1) is 22.2. The van der Waals surface area contributed by atoms with Crippen LogP contribution in [0.4, 0.5) is 4.79 Å². The number of ether oxygens (including phenoxy) is 1. The molecule has 0 saturated heterocycles. The molecular weight excluding hydrogens is 341 g/mol. The van der Waals surface area contributed by atoms with E-state index in [1.165, 1.54) is 6.92 Å². The number of hydrogen-bond acceptors (Lipinski definition) is 6. The molecule has 3 amide bonds. The van der Waals surface area contributed by atoms with Gasteiger partial charge in [0.15, 0.2) is 0 Å². The molecule has 3 atom stereocenters. The minimum Gasteiger partial charge on any atom is -0.444 e. The predicted octanol–water partition coefficient (Wildman–Crippen LogP) is -0.240. The molecule has 0 radical (unpaired) electrons. The molecule has 148 valence electrons. The van der Waals surface area contributed by atoms with Crippen molar-refractivity contribution in [2.45, 2.75) is 64.4 Å². The van der Waals surface area contributed by atoms with E-state index in [1.807, 2.05) is 0 Å². The van der Waals surface area contributed by atoms with Gasteiger partial charge in [-0.15, -0.1) is 0 Å². The lowest BCUT2D eigenvalue weighted by molar-refractivity contribution is -0.130. The third-order valence-corrected chi connectivity index (χ3v) is 4.48. The fourth-order valence-corrected chi connectivity index (χ4v) is 3.48. The van der Waals surface area contributed by atoms with Crippen molar-refractivity contribution in [3.8, 4) is 0 Å². The molecule has 1 rings (SSSR count). The van der Waals surface area contributed by atoms with Crippen molar-refractivity contribution >= 4 is 25.0 Å². The minimum atomic E-state index is -1.46. The van der Waals surface area contributed by atoms with E-state index in [-0.39, 0.29) is 43.4 Å². The Balaban J connectivity index is 2.84. The Hall–Kier alpha value is -1.81. The lowest BCUT2D eigenvalue weighted by atomic mass is 9.78. The maximum Gasteiger partial charge on any atom is 0.451 e. The molecule has 1 unspecified atom stereocenters. The van der Waals surface area contributed by atoms with Crippen LogP contribution >= 0.6 is 0 Å². The smallest absolute Gasteiger partial charge is 0.444 e. The summed E-state index contributed by atoms with van der Waals surface area (Å²) in [5.74, 6) is -1.29. The fourth-order valence-electron chi connectivity index (χ4n) is 3.48. The fraction of sp³-hybridized carbons (Fsp3) is 0.812. The van der Waals surface area contributed by atoms with Gasteiger partial charge in [0.05, 0.1) is 0 Å². The summed E-state index contributed by atoms with van der Waals surface area (Å²) in [6.07, 6.45) is 0.531. The van der Waals surface area contributed by atoms with Gasteiger partial charge in [0.2, 0.25) is 11.8 Å². The second-order valence-electron chi connectivity index (χ2n) is 8.00. The lowest BCUT2D eigenvalue weighted by Crippen LogP contribution is -2.55. The van der Waals surface area contributed by atoms with E-state index in [0.717, 1.165) is 0 Å². The molecule has 1 saturated carbocycles. The average molecular weight is 371 g/mol. The topological polar surface area (TPSA) is 151 Å². The van der Waals surface area contributed by atoms with E-state index in [0.29, 0.717) is 6.42 Å². The summed E-state index contributed by atoms with van der Waals surface area (Å²) in [6, 6.07) is 0. The zero-order valence-corrected chi connectivity index (χ0v) is 15.9. The van der Waals surface area contributed by atoms with Crippen LogP contribution in [-0.4, -0.2) is 52.8 Å². The van der Waals surface area contributed by atoms with Crippen LogP contribution in [0.15, 0.2) is 0 Å². The predicted molar refractivity (Wildman–Crippen MR) is 95.8 cm³/mol. The zero-order chi connectivity index (χ0) is 20.1. The van der Waals surface area contributed by atoms with Crippen molar-refractivity contribution in [3.63, 3.8) is 0 Å². The molecule has 0 heterocycles. The van der Waals surface area contributed by atoms with Gasteiger partial charge in [-0.1, -0.05) is 6.42 Å². The first-order chi connectivity index (χ1) is 11.8. The molecule has 0 aromatic carbocycles. The zero-order valence-electron chi connectivity index (χ0n) is 15.9. The quantitative estimate of drug-likeness (QED) is 0.390. The number of alkyl carbamates (subject to hydrolysis) is 1. The van der Waals surface area contributed by atoms with Gasteiger partial charge >= 0.3 is 13.2 Å². The number of nitrogens with one attached hydrogen (secondary N) is 2. The van der Waals surface area contributed by atoms with E-state index >= 15 is 0 Å². The van der Waals surface area contributed by atoms with Crippen LogP contribution in [0.5, 0.6) is 0 Å². The van der Waals surface area contributed by atoms with Crippen LogP contribution in [0.3, 0.4) is 0 Å². The Kier molecular flexibility index (Phi) is 7.46. The number of rotatable bonds is 7. The number of primary amides is 1. The molecule has 0 aliphatic heterocycles. The van der Waals surface area contributed by atoms with Gasteiger partial charge in [-0.05, 0) is 51.8 Å². The number of amides is 3. The molecular formula is C16H30BN3O6. The molecule has 1 aliphatic carbocycles. The normalized spacial score (nSPS) is 25.5. The summed E-state index contributed by atoms with van der Waals surface area (Å²) in [7, 11) is -1.46. The van der Waals surface area contributed by atoms with Gasteiger partial charge in [0.25, 0.3) is 0 Å². The monoisotopic (exact) mass is 371 g/mol. The van der Waals surface area contributed by atoms with Crippen LogP contribution in [0, 0.1) is 11.8 Å². The van der Waals surface area contributed by atoms with Gasteiger partial charge < -0.3 is 31.2 Å². The molecule has 10 heteroatoms. The Morgan fingerprint density at radius 1 is 1.23 bits per heavy atom. The van der Waals surface area contributed by atoms with Crippen molar-refractivity contribution in [3.05, 3.63) is 0 Å². The molecule has 6 N–H and O–H groups in total. The van der Waals surface area contributed by atoms with Crippen LogP contribution in [0.25, 0.3) is 0 Å². The summed E-state index contributed by atoms with van der Waals surface area (Å²) in [6.45, 7) is 6.80. The molecule has 9 nitrogen and oxygen atoms in total. The largest absolute Gasteiger partial charge is 0.451 e. The van der Waals surface area contributed by atoms with E-state index in [4.69, 9.17) is 20.5 Å². The second kappa shape index (κ2) is 8.72. The van der Waals surface area contributed by atoms with E-state index in [9.17, 15) is 14.4 Å². The van der Waals surface area contributed by atoms with Crippen LogP contribution in [-0.2, 0) is 14.3 Å². The summed E-state index contributed by atoms with van der Waals surface area (Å²) < 4.78 is 5.20. The van der Waals surface area contributed by atoms with E-state index < -0.39 is 30.3 Å². The molecule has 0 aromatic rings. The Bertz CT molecular complexity index is 537. The van der Waals surface area contributed by atoms with Crippen molar-refractivity contribution in [2.75, 3.05) is 6.54 Å². The molecule has 0 bridgehead atoms. The number of hydrogen-bond donors (Lipinski definition) is 5. The maximum atomic E-state index is 12.0. The number of nitrogens with two attached hydrogens (primary N) is 1. The van der Waals surface area contributed by atoms with Crippen molar-refractivity contribution in [1.29, 1.82) is 0 Å². The second-order valence-corrected chi connectivity index (χ2v) is 8.00. The molecule has 0 aromatic heterocycles. The average Bonchev–Trinajstić information content (AvgIpc) is 2.79. The summed E-state index contributed by atoms with van der Waals surface area (Å²) in [5, 5.41) is 23.6. The maximum absolute atomic E-state index is 12.0. The lowest BCUT2D eigenvalue weighted by Gasteiger charge is -2.26. The number of carbonyl (C=O) groups excluding carboxylic acids is 3. The van der Waals surface area contributed by atoms with Crippen LogP contribution < -0.4 is 16.4 Å². The van der Waals surface area contributed by atoms with Crippen molar-refractivity contribution in [1.82, 2.24) is 10.6 Å². The van der Waals surface area contributed by atoms with Crippen molar-refractivity contribution in [2.24, 2.45) is 17.6 Å². The first-order valence-electron chi connectivity index (χ1n) is 8.76. The molecule has 0 spiro atoms. The highest BCUT2D eigenvalue weighted by molar-refractivity contribution is 6.40. The SMILES string of the molecule is CC(=O)N[C@@]1(C(N)=O)CC(CNC(=O)OC(C)(C)C)[C@@H](CCB(O)O)C1. The molecule has 1 aliphatic rings. The van der Waals surface area contributed by atoms with Crippen LogP contribution in [0.2, 0.25) is 6.32 Å². The summed E-state index contributed by atoms with van der Waals surface area (Å²) in [5.41, 5.74) is 3.71. The van der Waals surface area contributed by atoms with Gasteiger partial charge in [0.1, 0.15) is 11.1 Å². The Morgan fingerprint density at radius 2 is 1.81 bits per heavy atom. The van der Waals surface area contributed by atoms with E-state index in [1.54, 1.807) is 20.8 Å². The minimum absolute atomic E-state index is 0.119. The summed E-state index contributed by atoms with van der Waals surface area (Å²) >= 11 is 0.